The van der Waals surface area contributed by atoms with Gasteiger partial charge in [0.1, 0.15) is 0 Å². The highest BCUT2D eigenvalue weighted by Crippen LogP contribution is 2.44. The summed E-state index contributed by atoms with van der Waals surface area (Å²) in [6.07, 6.45) is 9.47. The lowest BCUT2D eigenvalue weighted by atomic mass is 9.62. The fourth-order valence-corrected chi connectivity index (χ4v) is 5.70. The maximum atomic E-state index is 12.1. The van der Waals surface area contributed by atoms with Crippen LogP contribution in [0.3, 0.4) is 0 Å². The molecule has 0 radical (unpaired) electrons. The topological polar surface area (TPSA) is 54.4 Å². The van der Waals surface area contributed by atoms with Crippen LogP contribution in [0.15, 0.2) is 23.3 Å². The van der Waals surface area contributed by atoms with Crippen molar-refractivity contribution in [2.45, 2.75) is 94.4 Å². The zero-order valence-electron chi connectivity index (χ0n) is 21.0. The molecule has 0 aromatic rings. The number of aliphatic hydroxyl groups is 1. The molecule has 2 aliphatic rings. The number of ketones is 2. The molecular weight excluding hydrogens is 372 g/mol. The second-order valence-electron chi connectivity index (χ2n) is 10.5. The lowest BCUT2D eigenvalue weighted by Crippen LogP contribution is -2.41. The molecule has 3 heteroatoms. The monoisotopic (exact) mass is 418 g/mol. The van der Waals surface area contributed by atoms with Gasteiger partial charge in [-0.25, -0.2) is 0 Å². The van der Waals surface area contributed by atoms with E-state index in [9.17, 15) is 14.7 Å². The highest BCUT2D eigenvalue weighted by Gasteiger charge is 2.43. The van der Waals surface area contributed by atoms with E-state index in [4.69, 9.17) is 0 Å². The maximum Gasteiger partial charge on any atom is 0.164 e. The van der Waals surface area contributed by atoms with Gasteiger partial charge in [0.05, 0.1) is 0 Å². The van der Waals surface area contributed by atoms with Crippen LogP contribution in [-0.4, -0.2) is 23.3 Å². The van der Waals surface area contributed by atoms with Gasteiger partial charge in [-0.2, -0.15) is 0 Å². The summed E-state index contributed by atoms with van der Waals surface area (Å²) < 4.78 is 0. The predicted octanol–water partition coefficient (Wildman–Crippen LogP) is 6.55. The van der Waals surface area contributed by atoms with Crippen LogP contribution in [-0.2, 0) is 9.59 Å². The summed E-state index contributed by atoms with van der Waals surface area (Å²) >= 11 is 0. The Kier molecular flexibility index (Phi) is 9.73. The van der Waals surface area contributed by atoms with E-state index in [1.807, 2.05) is 33.8 Å². The summed E-state index contributed by atoms with van der Waals surface area (Å²) in [4.78, 5) is 24.2. The zero-order chi connectivity index (χ0) is 23.3. The molecule has 0 aromatic carbocycles. The Labute approximate surface area is 185 Å². The van der Waals surface area contributed by atoms with Gasteiger partial charge in [-0.15, -0.1) is 0 Å². The van der Waals surface area contributed by atoms with E-state index in [0.717, 1.165) is 30.4 Å². The number of aliphatic hydroxyl groups excluding tert-OH is 1. The largest absolute Gasteiger partial charge is 0.396 e. The molecule has 0 saturated carbocycles. The highest BCUT2D eigenvalue weighted by molar-refractivity contribution is 6.00. The molecule has 1 unspecified atom stereocenters. The Morgan fingerprint density at radius 1 is 0.800 bits per heavy atom. The number of carbonyl (C=O) groups excluding carboxylic acids is 2. The Morgan fingerprint density at radius 3 is 1.43 bits per heavy atom. The van der Waals surface area contributed by atoms with Crippen molar-refractivity contribution < 1.29 is 14.7 Å². The summed E-state index contributed by atoms with van der Waals surface area (Å²) in [7, 11) is 0. The molecule has 0 bridgehead atoms. The number of hydrogen-bond donors (Lipinski definition) is 1. The van der Waals surface area contributed by atoms with Gasteiger partial charge in [0.2, 0.25) is 0 Å². The van der Waals surface area contributed by atoms with E-state index in [0.29, 0.717) is 17.6 Å². The molecule has 0 spiro atoms. The van der Waals surface area contributed by atoms with Crippen LogP contribution in [0, 0.1) is 34.5 Å². The van der Waals surface area contributed by atoms with Gasteiger partial charge >= 0.3 is 0 Å². The van der Waals surface area contributed by atoms with Crippen molar-refractivity contribution in [1.29, 1.82) is 0 Å². The lowest BCUT2D eigenvalue weighted by molar-refractivity contribution is -0.129. The first-order valence-corrected chi connectivity index (χ1v) is 11.9. The van der Waals surface area contributed by atoms with E-state index >= 15 is 0 Å². The lowest BCUT2D eigenvalue weighted by Gasteiger charge is -2.40. The third-order valence-corrected chi connectivity index (χ3v) is 8.04. The van der Waals surface area contributed by atoms with Crippen molar-refractivity contribution >= 4 is 11.6 Å². The van der Waals surface area contributed by atoms with Crippen molar-refractivity contribution in [3.05, 3.63) is 23.3 Å². The van der Waals surface area contributed by atoms with Crippen LogP contribution < -0.4 is 0 Å². The predicted molar refractivity (Wildman–Crippen MR) is 126 cm³/mol. The molecule has 2 rings (SSSR count). The molecule has 3 atom stereocenters. The Balaban J connectivity index is 0.000000300. The molecule has 172 valence electrons. The van der Waals surface area contributed by atoms with E-state index in [-0.39, 0.29) is 35.1 Å². The number of carbonyl (C=O) groups is 2. The summed E-state index contributed by atoms with van der Waals surface area (Å²) in [5.41, 5.74) is 1.36. The molecule has 0 aliphatic heterocycles. The molecule has 0 fully saturated rings. The van der Waals surface area contributed by atoms with Gasteiger partial charge in [-0.1, -0.05) is 79.9 Å². The van der Waals surface area contributed by atoms with Gasteiger partial charge in [-0.05, 0) is 61.5 Å². The van der Waals surface area contributed by atoms with Gasteiger partial charge in [0.25, 0.3) is 0 Å². The van der Waals surface area contributed by atoms with Crippen LogP contribution in [0.25, 0.3) is 0 Å². The van der Waals surface area contributed by atoms with Crippen LogP contribution in [0.2, 0.25) is 0 Å². The number of Topliss-reactive ketones (excluding diaryl/α,β-unsaturated/α-hetero) is 2. The fourth-order valence-electron chi connectivity index (χ4n) is 5.70. The smallest absolute Gasteiger partial charge is 0.164 e. The Bertz CT molecular complexity index is 600. The maximum absolute atomic E-state index is 12.1. The van der Waals surface area contributed by atoms with Crippen LogP contribution in [0.1, 0.15) is 94.4 Å². The van der Waals surface area contributed by atoms with Gasteiger partial charge < -0.3 is 5.11 Å². The quantitative estimate of drug-likeness (QED) is 0.532. The second-order valence-corrected chi connectivity index (χ2v) is 10.5. The van der Waals surface area contributed by atoms with Crippen LogP contribution in [0.5, 0.6) is 0 Å². The standard InChI is InChI=1S/C14H24O.C13H22O2/c1-6-11(7-2)12-9-8-10(3)13(15)14(12,4)5;1-5-10(8-14)11-7-6-9(2)12(15)13(11,3)4/h8,11-12H,6-7,9H2,1-5H3;6,10-11,14H,5,7-8H2,1-4H3/t12-;10?,11-/m00/s1. The third kappa shape index (κ3) is 5.52. The Morgan fingerprint density at radius 2 is 1.13 bits per heavy atom. The summed E-state index contributed by atoms with van der Waals surface area (Å²) in [6, 6.07) is 0. The minimum Gasteiger partial charge on any atom is -0.396 e. The second kappa shape index (κ2) is 10.9. The normalized spacial score (nSPS) is 26.5. The van der Waals surface area contributed by atoms with Crippen molar-refractivity contribution in [3.8, 4) is 0 Å². The number of rotatable bonds is 6. The molecule has 0 heterocycles. The average molecular weight is 419 g/mol. The van der Waals surface area contributed by atoms with Crippen molar-refractivity contribution in [2.75, 3.05) is 6.61 Å². The first-order chi connectivity index (χ1) is 13.9. The molecule has 0 saturated heterocycles. The zero-order valence-corrected chi connectivity index (χ0v) is 21.0. The van der Waals surface area contributed by atoms with E-state index in [1.54, 1.807) is 0 Å². The first kappa shape index (κ1) is 26.8. The molecule has 3 nitrogen and oxygen atoms in total. The molecule has 0 aromatic heterocycles. The van der Waals surface area contributed by atoms with Crippen LogP contribution >= 0.6 is 0 Å². The van der Waals surface area contributed by atoms with Crippen LogP contribution in [0.4, 0.5) is 0 Å². The molecule has 1 N–H and O–H groups in total. The summed E-state index contributed by atoms with van der Waals surface area (Å²) in [6.45, 7) is 18.8. The summed E-state index contributed by atoms with van der Waals surface area (Å²) in [5.74, 6) is 2.34. The van der Waals surface area contributed by atoms with Gasteiger partial charge in [0.15, 0.2) is 11.6 Å². The first-order valence-electron chi connectivity index (χ1n) is 11.9. The van der Waals surface area contributed by atoms with E-state index < -0.39 is 0 Å². The van der Waals surface area contributed by atoms with E-state index in [1.165, 1.54) is 12.8 Å². The van der Waals surface area contributed by atoms with Crippen molar-refractivity contribution in [2.24, 2.45) is 34.5 Å². The number of hydrogen-bond acceptors (Lipinski definition) is 3. The number of allylic oxidation sites excluding steroid dienone is 4. The van der Waals surface area contributed by atoms with Crippen molar-refractivity contribution in [3.63, 3.8) is 0 Å². The summed E-state index contributed by atoms with van der Waals surface area (Å²) in [5, 5.41) is 9.33. The van der Waals surface area contributed by atoms with E-state index in [2.05, 4.69) is 40.7 Å². The minimum absolute atomic E-state index is 0.157. The Hall–Kier alpha value is -1.22. The van der Waals surface area contributed by atoms with Crippen molar-refractivity contribution in [1.82, 2.24) is 0 Å². The molecule has 2 aliphatic carbocycles. The SMILES string of the molecule is CCC(CC)[C@@H]1CC=C(C)C(=O)C1(C)C.CCC(CO)[C@@H]1CC=C(C)C(=O)C1(C)C. The molecule has 30 heavy (non-hydrogen) atoms. The minimum atomic E-state index is -0.317. The average Bonchev–Trinajstić information content (AvgIpc) is 2.70. The third-order valence-electron chi connectivity index (χ3n) is 8.04. The molecule has 0 amide bonds. The van der Waals surface area contributed by atoms with Gasteiger partial charge in [-0.3, -0.25) is 9.59 Å². The highest BCUT2D eigenvalue weighted by atomic mass is 16.3. The molecular formula is C27H46O3. The fraction of sp³-hybridized carbons (Fsp3) is 0.778. The van der Waals surface area contributed by atoms with Gasteiger partial charge in [0, 0.05) is 17.4 Å².